The van der Waals surface area contributed by atoms with E-state index in [0.717, 1.165) is 25.1 Å². The molecule has 0 radical (unpaired) electrons. The van der Waals surface area contributed by atoms with Crippen LogP contribution in [0.4, 0.5) is 0 Å². The third-order valence-corrected chi connectivity index (χ3v) is 3.56. The van der Waals surface area contributed by atoms with E-state index in [1.54, 1.807) is 0 Å². The van der Waals surface area contributed by atoms with Gasteiger partial charge in [-0.1, -0.05) is 12.8 Å². The predicted molar refractivity (Wildman–Crippen MR) is 59.3 cm³/mol. The second kappa shape index (κ2) is 5.23. The standard InChI is InChI=1S/C10H21NOS/c1-9(7-13-2)11-8-10(12)5-3-4-6-10/h9,11-12H,3-8H2,1-2H3. The van der Waals surface area contributed by atoms with Gasteiger partial charge in [0.05, 0.1) is 5.60 Å². The number of hydrogen-bond acceptors (Lipinski definition) is 3. The molecule has 0 amide bonds. The molecule has 1 unspecified atom stereocenters. The number of nitrogens with one attached hydrogen (secondary N) is 1. The summed E-state index contributed by atoms with van der Waals surface area (Å²) in [4.78, 5) is 0. The van der Waals surface area contributed by atoms with E-state index in [1.165, 1.54) is 12.8 Å². The van der Waals surface area contributed by atoms with E-state index in [0.29, 0.717) is 6.04 Å². The van der Waals surface area contributed by atoms with Gasteiger partial charge in [-0.25, -0.2) is 0 Å². The van der Waals surface area contributed by atoms with Crippen molar-refractivity contribution in [3.63, 3.8) is 0 Å². The van der Waals surface area contributed by atoms with Crippen LogP contribution >= 0.6 is 11.8 Å². The fourth-order valence-electron chi connectivity index (χ4n) is 1.88. The van der Waals surface area contributed by atoms with Crippen molar-refractivity contribution >= 4 is 11.8 Å². The van der Waals surface area contributed by atoms with E-state index in [-0.39, 0.29) is 0 Å². The average molecular weight is 203 g/mol. The zero-order chi connectivity index (χ0) is 9.73. The Morgan fingerprint density at radius 3 is 2.62 bits per heavy atom. The van der Waals surface area contributed by atoms with Crippen LogP contribution in [0.2, 0.25) is 0 Å². The summed E-state index contributed by atoms with van der Waals surface area (Å²) < 4.78 is 0. The maximum atomic E-state index is 10.0. The van der Waals surface area contributed by atoms with Crippen LogP contribution in [0.3, 0.4) is 0 Å². The van der Waals surface area contributed by atoms with Crippen LogP contribution in [0.1, 0.15) is 32.6 Å². The van der Waals surface area contributed by atoms with Gasteiger partial charge in [0, 0.05) is 18.3 Å². The summed E-state index contributed by atoms with van der Waals surface area (Å²) in [6, 6.07) is 0.514. The molecule has 1 saturated carbocycles. The molecule has 1 aliphatic carbocycles. The molecular weight excluding hydrogens is 182 g/mol. The first-order chi connectivity index (χ1) is 6.16. The fraction of sp³-hybridized carbons (Fsp3) is 1.00. The fourth-order valence-corrected chi connectivity index (χ4v) is 2.50. The Labute approximate surface area is 85.5 Å². The summed E-state index contributed by atoms with van der Waals surface area (Å²) in [6.45, 7) is 2.95. The molecular formula is C10H21NOS. The highest BCUT2D eigenvalue weighted by atomic mass is 32.2. The summed E-state index contributed by atoms with van der Waals surface area (Å²) in [7, 11) is 0. The molecule has 0 bridgehead atoms. The van der Waals surface area contributed by atoms with Crippen molar-refractivity contribution < 1.29 is 5.11 Å². The second-order valence-electron chi connectivity index (χ2n) is 4.17. The van der Waals surface area contributed by atoms with Crippen LogP contribution in [0.25, 0.3) is 0 Å². The third-order valence-electron chi connectivity index (χ3n) is 2.73. The van der Waals surface area contributed by atoms with Crippen molar-refractivity contribution in [2.45, 2.75) is 44.2 Å². The maximum absolute atomic E-state index is 10.0. The Bertz CT molecular complexity index is 146. The van der Waals surface area contributed by atoms with Gasteiger partial charge in [0.1, 0.15) is 0 Å². The first kappa shape index (κ1) is 11.3. The molecule has 3 heteroatoms. The molecule has 1 atom stereocenters. The van der Waals surface area contributed by atoms with Crippen LogP contribution in [0.15, 0.2) is 0 Å². The summed E-state index contributed by atoms with van der Waals surface area (Å²) in [5, 5.41) is 13.4. The van der Waals surface area contributed by atoms with E-state index in [9.17, 15) is 5.11 Å². The minimum atomic E-state index is -0.396. The molecule has 1 rings (SSSR count). The Hall–Kier alpha value is 0.270. The van der Waals surface area contributed by atoms with Crippen molar-refractivity contribution in [2.75, 3.05) is 18.6 Å². The monoisotopic (exact) mass is 203 g/mol. The lowest BCUT2D eigenvalue weighted by Gasteiger charge is -2.24. The number of rotatable bonds is 5. The number of thioether (sulfide) groups is 1. The molecule has 0 spiro atoms. The minimum Gasteiger partial charge on any atom is -0.389 e. The molecule has 0 aliphatic heterocycles. The number of hydrogen-bond donors (Lipinski definition) is 2. The van der Waals surface area contributed by atoms with Crippen molar-refractivity contribution in [1.29, 1.82) is 0 Å². The van der Waals surface area contributed by atoms with Gasteiger partial charge in [0.25, 0.3) is 0 Å². The van der Waals surface area contributed by atoms with E-state index < -0.39 is 5.60 Å². The lowest BCUT2D eigenvalue weighted by atomic mass is 10.0. The van der Waals surface area contributed by atoms with Crippen LogP contribution < -0.4 is 5.32 Å². The van der Waals surface area contributed by atoms with E-state index in [1.807, 2.05) is 11.8 Å². The summed E-state index contributed by atoms with van der Waals surface area (Å²) >= 11 is 1.85. The Kier molecular flexibility index (Phi) is 4.56. The summed E-state index contributed by atoms with van der Waals surface area (Å²) in [5.74, 6) is 1.12. The lowest BCUT2D eigenvalue weighted by Crippen LogP contribution is -2.42. The molecule has 0 heterocycles. The molecule has 0 aromatic heterocycles. The highest BCUT2D eigenvalue weighted by molar-refractivity contribution is 7.98. The minimum absolute atomic E-state index is 0.396. The van der Waals surface area contributed by atoms with Gasteiger partial charge in [-0.2, -0.15) is 11.8 Å². The normalized spacial score (nSPS) is 23.3. The zero-order valence-electron chi connectivity index (χ0n) is 8.68. The molecule has 0 saturated heterocycles. The van der Waals surface area contributed by atoms with Crippen molar-refractivity contribution in [3.05, 3.63) is 0 Å². The van der Waals surface area contributed by atoms with Gasteiger partial charge in [0.2, 0.25) is 0 Å². The second-order valence-corrected chi connectivity index (χ2v) is 5.08. The van der Waals surface area contributed by atoms with Crippen LogP contribution in [0, 0.1) is 0 Å². The predicted octanol–water partition coefficient (Wildman–Crippen LogP) is 1.63. The van der Waals surface area contributed by atoms with E-state index in [2.05, 4.69) is 18.5 Å². The van der Waals surface area contributed by atoms with Crippen LogP contribution in [-0.4, -0.2) is 35.3 Å². The topological polar surface area (TPSA) is 32.3 Å². The highest BCUT2D eigenvalue weighted by Crippen LogP contribution is 2.28. The zero-order valence-corrected chi connectivity index (χ0v) is 9.49. The van der Waals surface area contributed by atoms with Crippen LogP contribution in [0.5, 0.6) is 0 Å². The summed E-state index contributed by atoms with van der Waals surface area (Å²) in [6.07, 6.45) is 6.45. The molecule has 2 N–H and O–H groups in total. The van der Waals surface area contributed by atoms with Crippen LogP contribution in [-0.2, 0) is 0 Å². The Morgan fingerprint density at radius 2 is 2.08 bits per heavy atom. The SMILES string of the molecule is CSCC(C)NCC1(O)CCCC1. The molecule has 0 aromatic rings. The molecule has 1 fully saturated rings. The van der Waals surface area contributed by atoms with Gasteiger partial charge in [-0.15, -0.1) is 0 Å². The largest absolute Gasteiger partial charge is 0.389 e. The van der Waals surface area contributed by atoms with Gasteiger partial charge >= 0.3 is 0 Å². The molecule has 13 heavy (non-hydrogen) atoms. The molecule has 1 aliphatic rings. The Balaban J connectivity index is 2.17. The smallest absolute Gasteiger partial charge is 0.0771 e. The quantitative estimate of drug-likeness (QED) is 0.712. The van der Waals surface area contributed by atoms with Crippen molar-refractivity contribution in [3.8, 4) is 0 Å². The van der Waals surface area contributed by atoms with Gasteiger partial charge in [0.15, 0.2) is 0 Å². The average Bonchev–Trinajstić information content (AvgIpc) is 2.51. The van der Waals surface area contributed by atoms with Gasteiger partial charge in [-0.05, 0) is 26.0 Å². The molecule has 0 aromatic carbocycles. The van der Waals surface area contributed by atoms with E-state index in [4.69, 9.17) is 0 Å². The molecule has 2 nitrogen and oxygen atoms in total. The summed E-state index contributed by atoms with van der Waals surface area (Å²) in [5.41, 5.74) is -0.396. The van der Waals surface area contributed by atoms with E-state index >= 15 is 0 Å². The first-order valence-corrected chi connectivity index (χ1v) is 6.50. The number of aliphatic hydroxyl groups is 1. The van der Waals surface area contributed by atoms with Crippen molar-refractivity contribution in [1.82, 2.24) is 5.32 Å². The first-order valence-electron chi connectivity index (χ1n) is 5.11. The Morgan fingerprint density at radius 1 is 1.46 bits per heavy atom. The highest BCUT2D eigenvalue weighted by Gasteiger charge is 2.30. The van der Waals surface area contributed by atoms with Crippen molar-refractivity contribution in [2.24, 2.45) is 0 Å². The third kappa shape index (κ3) is 3.88. The molecule has 78 valence electrons. The lowest BCUT2D eigenvalue weighted by molar-refractivity contribution is 0.0460. The van der Waals surface area contributed by atoms with Gasteiger partial charge in [-0.3, -0.25) is 0 Å². The van der Waals surface area contributed by atoms with Gasteiger partial charge < -0.3 is 10.4 Å². The maximum Gasteiger partial charge on any atom is 0.0771 e.